The fourth-order valence-corrected chi connectivity index (χ4v) is 4.68. The van der Waals surface area contributed by atoms with Crippen LogP contribution < -0.4 is 10.0 Å². The third-order valence-corrected chi connectivity index (χ3v) is 7.41. The Bertz CT molecular complexity index is 1180. The topological polar surface area (TPSA) is 201 Å². The predicted molar refractivity (Wildman–Crippen MR) is 195 cm³/mol. The molecule has 0 heterocycles. The number of nitrogens with zero attached hydrogens (tertiary/aromatic N) is 1. The average Bonchev–Trinajstić information content (AvgIpc) is 3.12. The second-order valence-electron chi connectivity index (χ2n) is 12.0. The minimum absolute atomic E-state index is 0.136. The molecule has 0 spiro atoms. The summed E-state index contributed by atoms with van der Waals surface area (Å²) in [4.78, 5) is 11.6. The van der Waals surface area contributed by atoms with E-state index in [0.29, 0.717) is 137 Å². The Morgan fingerprint density at radius 1 is 0.623 bits per heavy atom. The van der Waals surface area contributed by atoms with Gasteiger partial charge in [0.1, 0.15) is 11.5 Å². The Morgan fingerprint density at radius 3 is 1.38 bits per heavy atom. The van der Waals surface area contributed by atoms with Gasteiger partial charge in [-0.15, -0.1) is 0 Å². The molecule has 0 atom stereocenters. The number of nitrogens with one attached hydrogen (secondary N) is 2. The van der Waals surface area contributed by atoms with E-state index < -0.39 is 15.6 Å². The third kappa shape index (κ3) is 33.8. The van der Waals surface area contributed by atoms with Crippen LogP contribution in [0.4, 0.5) is 5.69 Å². The maximum Gasteiger partial charge on any atom is 0.308 e. The first-order valence-corrected chi connectivity index (χ1v) is 19.5. The highest BCUT2D eigenvalue weighted by Crippen LogP contribution is 2.10. The van der Waals surface area contributed by atoms with Crippen LogP contribution >= 0.6 is 0 Å². The van der Waals surface area contributed by atoms with Crippen LogP contribution in [0.3, 0.4) is 0 Å². The summed E-state index contributed by atoms with van der Waals surface area (Å²) in [7, 11) is -3.55. The Kier molecular flexibility index (Phi) is 30.1. The van der Waals surface area contributed by atoms with Crippen LogP contribution in [0.15, 0.2) is 24.3 Å². The van der Waals surface area contributed by atoms with Crippen molar-refractivity contribution in [2.75, 3.05) is 150 Å². The Labute approximate surface area is 315 Å². The van der Waals surface area contributed by atoms with Crippen LogP contribution in [0.5, 0.6) is 0 Å². The van der Waals surface area contributed by atoms with Crippen molar-refractivity contribution in [3.8, 4) is 6.07 Å². The molecule has 0 amide bonds. The summed E-state index contributed by atoms with van der Waals surface area (Å²) in [5.74, 6) is -0.583. The van der Waals surface area contributed by atoms with Gasteiger partial charge in [0.2, 0.25) is 10.0 Å². The molecule has 0 aliphatic rings. The predicted octanol–water partition coefficient (Wildman–Crippen LogP) is 1.74. The van der Waals surface area contributed by atoms with Gasteiger partial charge in [-0.2, -0.15) is 5.26 Å². The molecule has 0 bridgehead atoms. The van der Waals surface area contributed by atoms with E-state index in [-0.39, 0.29) is 31.4 Å². The lowest BCUT2D eigenvalue weighted by Gasteiger charge is -2.19. The fraction of sp³-hybridized carbons (Fsp3) is 0.771. The summed E-state index contributed by atoms with van der Waals surface area (Å²) < 4.78 is 86.2. The van der Waals surface area contributed by atoms with Crippen molar-refractivity contribution in [2.45, 2.75) is 32.8 Å². The van der Waals surface area contributed by atoms with Crippen molar-refractivity contribution in [3.63, 3.8) is 0 Å². The molecule has 1 aromatic rings. The van der Waals surface area contributed by atoms with Gasteiger partial charge in [-0.1, -0.05) is 6.07 Å². The normalized spacial score (nSPS) is 11.8. The highest BCUT2D eigenvalue weighted by molar-refractivity contribution is 7.89. The first kappa shape index (κ1) is 48.5. The van der Waals surface area contributed by atoms with E-state index in [1.54, 1.807) is 24.3 Å². The first-order chi connectivity index (χ1) is 25.6. The maximum absolute atomic E-state index is 12.1. The molecule has 0 aliphatic heterocycles. The number of hydrogen-bond donors (Lipinski definition) is 2. The molecule has 0 saturated heterocycles. The smallest absolute Gasteiger partial charge is 0.308 e. The van der Waals surface area contributed by atoms with Gasteiger partial charge in [-0.3, -0.25) is 4.79 Å². The molecular weight excluding hydrogens is 718 g/mol. The summed E-state index contributed by atoms with van der Waals surface area (Å²) in [6, 6.07) is 8.59. The lowest BCUT2D eigenvalue weighted by atomic mass is 10.2. The standard InChI is InChI=1S/C35H61N3O14S/c1-35(2,3)52-34(39)7-9-42-11-13-44-15-17-46-19-21-48-23-25-50-27-28-51-26-24-49-22-20-47-18-16-45-14-12-43-10-8-38-53(40,41)31-37-33-6-4-5-32(29-33)30-36/h4-6,29,37-38H,7-28,31H2,1-3H3. The number of sulfonamides is 1. The largest absolute Gasteiger partial charge is 0.460 e. The van der Waals surface area contributed by atoms with E-state index >= 15 is 0 Å². The van der Waals surface area contributed by atoms with Gasteiger partial charge in [-0.05, 0) is 39.0 Å². The molecule has 0 aliphatic carbocycles. The number of carbonyl (C=O) groups excluding carboxylic acids is 1. The number of ether oxygens (including phenoxy) is 11. The van der Waals surface area contributed by atoms with E-state index in [1.165, 1.54) is 0 Å². The molecule has 1 rings (SSSR count). The highest BCUT2D eigenvalue weighted by atomic mass is 32.2. The molecule has 2 N–H and O–H groups in total. The number of rotatable bonds is 37. The Hall–Kier alpha value is -2.51. The fourth-order valence-electron chi connectivity index (χ4n) is 3.83. The molecule has 306 valence electrons. The van der Waals surface area contributed by atoms with Crippen molar-refractivity contribution in [2.24, 2.45) is 0 Å². The minimum Gasteiger partial charge on any atom is -0.460 e. The van der Waals surface area contributed by atoms with E-state index in [0.717, 1.165) is 0 Å². The zero-order chi connectivity index (χ0) is 38.7. The zero-order valence-electron chi connectivity index (χ0n) is 31.6. The lowest BCUT2D eigenvalue weighted by molar-refractivity contribution is -0.156. The molecule has 0 radical (unpaired) electrons. The number of hydrogen-bond acceptors (Lipinski definition) is 16. The molecule has 0 unspecified atom stereocenters. The van der Waals surface area contributed by atoms with Crippen LogP contribution in [-0.2, 0) is 66.9 Å². The molecule has 0 fully saturated rings. The van der Waals surface area contributed by atoms with Crippen molar-refractivity contribution in [1.82, 2.24) is 4.72 Å². The van der Waals surface area contributed by atoms with Crippen molar-refractivity contribution in [1.29, 1.82) is 5.26 Å². The van der Waals surface area contributed by atoms with Gasteiger partial charge in [-0.25, -0.2) is 13.1 Å². The second-order valence-corrected chi connectivity index (χ2v) is 13.8. The summed E-state index contributed by atoms with van der Waals surface area (Å²) in [6.07, 6.45) is 0.221. The molecule has 53 heavy (non-hydrogen) atoms. The van der Waals surface area contributed by atoms with Gasteiger partial charge in [0.15, 0.2) is 0 Å². The van der Waals surface area contributed by atoms with Crippen LogP contribution in [0, 0.1) is 11.3 Å². The number of esters is 1. The average molecular weight is 780 g/mol. The van der Waals surface area contributed by atoms with Crippen LogP contribution in [-0.4, -0.2) is 165 Å². The first-order valence-electron chi connectivity index (χ1n) is 17.8. The highest BCUT2D eigenvalue weighted by Gasteiger charge is 2.15. The molecule has 17 nitrogen and oxygen atoms in total. The number of benzene rings is 1. The summed E-state index contributed by atoms with van der Waals surface area (Å²) >= 11 is 0. The van der Waals surface area contributed by atoms with Gasteiger partial charge < -0.3 is 57.4 Å². The summed E-state index contributed by atoms with van der Waals surface area (Å²) in [5.41, 5.74) is 0.514. The number of anilines is 1. The van der Waals surface area contributed by atoms with Crippen LogP contribution in [0.2, 0.25) is 0 Å². The van der Waals surface area contributed by atoms with Crippen LogP contribution in [0.1, 0.15) is 32.8 Å². The van der Waals surface area contributed by atoms with Crippen molar-refractivity contribution in [3.05, 3.63) is 29.8 Å². The summed E-state index contributed by atoms with van der Waals surface area (Å²) in [6.45, 7) is 14.0. The van der Waals surface area contributed by atoms with Gasteiger partial charge >= 0.3 is 5.97 Å². The van der Waals surface area contributed by atoms with Crippen molar-refractivity contribution < 1.29 is 65.3 Å². The molecule has 1 aromatic carbocycles. The molecule has 0 aromatic heterocycles. The van der Waals surface area contributed by atoms with E-state index in [9.17, 15) is 13.2 Å². The molecule has 18 heteroatoms. The van der Waals surface area contributed by atoms with Gasteiger partial charge in [0, 0.05) is 12.2 Å². The SMILES string of the molecule is CC(C)(C)OC(=O)CCOCCOCCOCCOCCOCCOCCOCCOCCOCCOCCNS(=O)(=O)CNc1cccc(C#N)c1. The van der Waals surface area contributed by atoms with E-state index in [2.05, 4.69) is 10.0 Å². The molecule has 0 saturated carbocycles. The van der Waals surface area contributed by atoms with Gasteiger partial charge in [0.05, 0.1) is 150 Å². The van der Waals surface area contributed by atoms with Gasteiger partial charge in [0.25, 0.3) is 0 Å². The maximum atomic E-state index is 12.1. The Morgan fingerprint density at radius 2 is 1.00 bits per heavy atom. The Balaban J connectivity index is 1.71. The molecular formula is C35H61N3O14S. The van der Waals surface area contributed by atoms with E-state index in [1.807, 2.05) is 26.8 Å². The number of carbonyl (C=O) groups is 1. The van der Waals surface area contributed by atoms with Crippen molar-refractivity contribution >= 4 is 21.7 Å². The number of nitriles is 1. The monoisotopic (exact) mass is 779 g/mol. The second kappa shape index (κ2) is 32.9. The lowest BCUT2D eigenvalue weighted by Crippen LogP contribution is -2.32. The quantitative estimate of drug-likeness (QED) is 0.0730. The van der Waals surface area contributed by atoms with E-state index in [4.69, 9.17) is 57.4 Å². The minimum atomic E-state index is -3.55. The summed E-state index contributed by atoms with van der Waals surface area (Å²) in [5, 5.41) is 11.7. The zero-order valence-corrected chi connectivity index (χ0v) is 32.5. The van der Waals surface area contributed by atoms with Crippen LogP contribution in [0.25, 0.3) is 0 Å². The third-order valence-electron chi connectivity index (χ3n) is 6.24.